The van der Waals surface area contributed by atoms with Gasteiger partial charge in [0.05, 0.1) is 0 Å². The van der Waals surface area contributed by atoms with Gasteiger partial charge < -0.3 is 4.74 Å². The molecule has 0 fully saturated rings. The Hall–Kier alpha value is -2.09. The Kier molecular flexibility index (Phi) is 3.32. The zero-order chi connectivity index (χ0) is 15.0. The minimum Gasteiger partial charge on any atom is -0.406 e. The van der Waals surface area contributed by atoms with E-state index in [-0.39, 0.29) is 5.75 Å². The average Bonchev–Trinajstić information content (AvgIpc) is 2.81. The molecule has 0 atom stereocenters. The fraction of sp³-hybridized carbons (Fsp3) is 0.0769. The third kappa shape index (κ3) is 2.99. The minimum atomic E-state index is -4.70. The van der Waals surface area contributed by atoms with Crippen LogP contribution in [0.15, 0.2) is 47.1 Å². The first kappa shape index (κ1) is 13.9. The molecule has 2 aromatic heterocycles. The van der Waals surface area contributed by atoms with Crippen molar-refractivity contribution < 1.29 is 17.9 Å². The highest BCUT2D eigenvalue weighted by Crippen LogP contribution is 2.26. The van der Waals surface area contributed by atoms with Gasteiger partial charge in [0, 0.05) is 16.2 Å². The zero-order valence-electron chi connectivity index (χ0n) is 10.3. The van der Waals surface area contributed by atoms with Crippen molar-refractivity contribution in [3.8, 4) is 17.1 Å². The van der Waals surface area contributed by atoms with Crippen LogP contribution >= 0.6 is 15.9 Å². The number of hydrogen-bond acceptors (Lipinski definition) is 3. The largest absolute Gasteiger partial charge is 0.573 e. The summed E-state index contributed by atoms with van der Waals surface area (Å²) < 4.78 is 42.8. The SMILES string of the molecule is FC(F)(F)Oc1ccc(-c2nnc3ccc(Br)cn23)cc1. The molecule has 0 saturated carbocycles. The topological polar surface area (TPSA) is 39.4 Å². The van der Waals surface area contributed by atoms with Crippen molar-refractivity contribution in [1.29, 1.82) is 0 Å². The van der Waals surface area contributed by atoms with Crippen molar-refractivity contribution in [2.75, 3.05) is 0 Å². The van der Waals surface area contributed by atoms with E-state index >= 15 is 0 Å². The Bertz CT molecular complexity index is 783. The van der Waals surface area contributed by atoms with Gasteiger partial charge in [0.2, 0.25) is 0 Å². The van der Waals surface area contributed by atoms with Gasteiger partial charge in [-0.25, -0.2) is 0 Å². The summed E-state index contributed by atoms with van der Waals surface area (Å²) in [5.74, 6) is 0.256. The third-order valence-corrected chi connectivity index (χ3v) is 3.18. The number of aromatic nitrogens is 3. The molecule has 4 nitrogen and oxygen atoms in total. The molecule has 0 bridgehead atoms. The quantitative estimate of drug-likeness (QED) is 0.694. The molecule has 0 saturated heterocycles. The lowest BCUT2D eigenvalue weighted by atomic mass is 10.2. The Labute approximate surface area is 125 Å². The van der Waals surface area contributed by atoms with Gasteiger partial charge in [-0.2, -0.15) is 0 Å². The van der Waals surface area contributed by atoms with Gasteiger partial charge in [0.25, 0.3) is 0 Å². The second-order valence-electron chi connectivity index (χ2n) is 4.17. The predicted octanol–water partition coefficient (Wildman–Crippen LogP) is 4.06. The van der Waals surface area contributed by atoms with E-state index in [1.54, 1.807) is 16.7 Å². The average molecular weight is 358 g/mol. The van der Waals surface area contributed by atoms with Crippen molar-refractivity contribution in [2.45, 2.75) is 6.36 Å². The van der Waals surface area contributed by atoms with E-state index in [9.17, 15) is 13.2 Å². The zero-order valence-corrected chi connectivity index (χ0v) is 11.9. The number of benzene rings is 1. The highest BCUT2D eigenvalue weighted by atomic mass is 79.9. The Morgan fingerprint density at radius 2 is 1.71 bits per heavy atom. The molecule has 0 aliphatic rings. The molecular formula is C13H7BrF3N3O. The van der Waals surface area contributed by atoms with E-state index in [1.165, 1.54) is 24.3 Å². The fourth-order valence-corrected chi connectivity index (χ4v) is 2.20. The Balaban J connectivity index is 1.97. The van der Waals surface area contributed by atoms with Gasteiger partial charge in [0.15, 0.2) is 11.5 Å². The van der Waals surface area contributed by atoms with Gasteiger partial charge in [-0.1, -0.05) is 0 Å². The summed E-state index contributed by atoms with van der Waals surface area (Å²) in [6.07, 6.45) is -2.92. The molecule has 3 aromatic rings. The van der Waals surface area contributed by atoms with Crippen LogP contribution in [-0.4, -0.2) is 21.0 Å². The van der Waals surface area contributed by atoms with Crippen molar-refractivity contribution in [2.24, 2.45) is 0 Å². The monoisotopic (exact) mass is 357 g/mol. The van der Waals surface area contributed by atoms with Crippen LogP contribution < -0.4 is 4.74 Å². The lowest BCUT2D eigenvalue weighted by Crippen LogP contribution is -2.16. The van der Waals surface area contributed by atoms with Crippen LogP contribution in [0.25, 0.3) is 17.0 Å². The molecule has 0 aliphatic carbocycles. The van der Waals surface area contributed by atoms with Crippen molar-refractivity contribution >= 4 is 21.6 Å². The van der Waals surface area contributed by atoms with Gasteiger partial charge in [-0.05, 0) is 52.3 Å². The number of hydrogen-bond donors (Lipinski definition) is 0. The molecule has 0 radical (unpaired) electrons. The maximum absolute atomic E-state index is 12.1. The lowest BCUT2D eigenvalue weighted by molar-refractivity contribution is -0.274. The van der Waals surface area contributed by atoms with E-state index in [4.69, 9.17) is 0 Å². The summed E-state index contributed by atoms with van der Waals surface area (Å²) in [5, 5.41) is 8.04. The molecule has 0 N–H and O–H groups in total. The van der Waals surface area contributed by atoms with Crippen LogP contribution in [-0.2, 0) is 0 Å². The predicted molar refractivity (Wildman–Crippen MR) is 72.8 cm³/mol. The highest BCUT2D eigenvalue weighted by Gasteiger charge is 2.31. The van der Waals surface area contributed by atoms with E-state index < -0.39 is 6.36 Å². The maximum Gasteiger partial charge on any atom is 0.573 e. The first-order valence-electron chi connectivity index (χ1n) is 5.79. The molecule has 0 unspecified atom stereocenters. The molecule has 0 spiro atoms. The third-order valence-electron chi connectivity index (χ3n) is 2.71. The van der Waals surface area contributed by atoms with Crippen LogP contribution in [0.5, 0.6) is 5.75 Å². The van der Waals surface area contributed by atoms with Gasteiger partial charge in [-0.15, -0.1) is 23.4 Å². The molecule has 0 aliphatic heterocycles. The van der Waals surface area contributed by atoms with Gasteiger partial charge >= 0.3 is 6.36 Å². The number of fused-ring (bicyclic) bond motifs is 1. The van der Waals surface area contributed by atoms with Crippen LogP contribution in [0.4, 0.5) is 13.2 Å². The summed E-state index contributed by atoms with van der Waals surface area (Å²) in [7, 11) is 0. The number of rotatable bonds is 2. The molecule has 108 valence electrons. The van der Waals surface area contributed by atoms with Crippen LogP contribution in [0.2, 0.25) is 0 Å². The normalized spacial score (nSPS) is 11.8. The second-order valence-corrected chi connectivity index (χ2v) is 5.09. The highest BCUT2D eigenvalue weighted by molar-refractivity contribution is 9.10. The summed E-state index contributed by atoms with van der Waals surface area (Å²) in [5.41, 5.74) is 1.28. The molecule has 1 aromatic carbocycles. The maximum atomic E-state index is 12.1. The van der Waals surface area contributed by atoms with Gasteiger partial charge in [0.1, 0.15) is 5.75 Å². The molecule has 0 amide bonds. The van der Waals surface area contributed by atoms with Crippen LogP contribution in [0, 0.1) is 0 Å². The smallest absolute Gasteiger partial charge is 0.406 e. The van der Waals surface area contributed by atoms with E-state index in [0.717, 1.165) is 4.47 Å². The second kappa shape index (κ2) is 5.03. The van der Waals surface area contributed by atoms with E-state index in [1.807, 2.05) is 6.07 Å². The molecule has 21 heavy (non-hydrogen) atoms. The van der Waals surface area contributed by atoms with Crippen molar-refractivity contribution in [3.05, 3.63) is 47.1 Å². The standard InChI is InChI=1S/C13H7BrF3N3O/c14-9-3-6-11-18-19-12(20(11)7-9)8-1-4-10(5-2-8)21-13(15,16)17/h1-7H. The Morgan fingerprint density at radius 3 is 2.38 bits per heavy atom. The minimum absolute atomic E-state index is 0.277. The molecular weight excluding hydrogens is 351 g/mol. The van der Waals surface area contributed by atoms with E-state index in [0.29, 0.717) is 17.0 Å². The summed E-state index contributed by atoms with van der Waals surface area (Å²) >= 11 is 3.35. The van der Waals surface area contributed by atoms with Gasteiger partial charge in [-0.3, -0.25) is 4.40 Å². The van der Waals surface area contributed by atoms with Crippen LogP contribution in [0.3, 0.4) is 0 Å². The first-order valence-corrected chi connectivity index (χ1v) is 6.58. The Morgan fingerprint density at radius 1 is 1.00 bits per heavy atom. The van der Waals surface area contributed by atoms with Crippen molar-refractivity contribution in [1.82, 2.24) is 14.6 Å². The number of ether oxygens (including phenoxy) is 1. The number of nitrogens with zero attached hydrogens (tertiary/aromatic N) is 3. The van der Waals surface area contributed by atoms with Crippen molar-refractivity contribution in [3.63, 3.8) is 0 Å². The number of alkyl halides is 3. The lowest BCUT2D eigenvalue weighted by Gasteiger charge is -2.08. The van der Waals surface area contributed by atoms with E-state index in [2.05, 4.69) is 30.9 Å². The first-order chi connectivity index (χ1) is 9.92. The summed E-state index contributed by atoms with van der Waals surface area (Å²) in [4.78, 5) is 0. The molecule has 3 rings (SSSR count). The number of halogens is 4. The molecule has 8 heteroatoms. The molecule has 2 heterocycles. The fourth-order valence-electron chi connectivity index (χ4n) is 1.87. The summed E-state index contributed by atoms with van der Waals surface area (Å²) in [6, 6.07) is 9.08. The summed E-state index contributed by atoms with van der Waals surface area (Å²) in [6.45, 7) is 0. The van der Waals surface area contributed by atoms with Crippen LogP contribution in [0.1, 0.15) is 0 Å². The number of pyridine rings is 1.